The molecular formula is C26H24N6O3S. The van der Waals surface area contributed by atoms with E-state index in [0.717, 1.165) is 29.9 Å². The van der Waals surface area contributed by atoms with E-state index in [1.165, 1.54) is 11.8 Å². The number of nitrogens with zero attached hydrogens (tertiary/aromatic N) is 5. The first-order chi connectivity index (χ1) is 17.7. The van der Waals surface area contributed by atoms with Crippen LogP contribution in [0, 0.1) is 0 Å². The van der Waals surface area contributed by atoms with Crippen LogP contribution >= 0.6 is 11.8 Å². The molecule has 1 aliphatic heterocycles. The summed E-state index contributed by atoms with van der Waals surface area (Å²) in [5, 5.41) is 11.2. The molecule has 0 aliphatic carbocycles. The third kappa shape index (κ3) is 5.72. The molecule has 4 aromatic rings. The van der Waals surface area contributed by atoms with Gasteiger partial charge in [0.15, 0.2) is 0 Å². The number of nitrogens with one attached hydrogen (secondary N) is 1. The molecule has 182 valence electrons. The quantitative estimate of drug-likeness (QED) is 0.382. The number of anilines is 2. The molecule has 1 fully saturated rings. The van der Waals surface area contributed by atoms with Crippen molar-refractivity contribution in [3.63, 3.8) is 0 Å². The highest BCUT2D eigenvalue weighted by molar-refractivity contribution is 7.99. The Morgan fingerprint density at radius 3 is 2.33 bits per heavy atom. The van der Waals surface area contributed by atoms with Crippen LogP contribution in [0.25, 0.3) is 11.5 Å². The molecule has 1 aliphatic rings. The molecule has 0 bridgehead atoms. The zero-order chi connectivity index (χ0) is 24.7. The Labute approximate surface area is 212 Å². The maximum absolute atomic E-state index is 12.7. The van der Waals surface area contributed by atoms with Crippen molar-refractivity contribution in [2.24, 2.45) is 0 Å². The molecule has 2 aromatic heterocycles. The number of piperazine rings is 1. The molecule has 2 amide bonds. The second-order valence-electron chi connectivity index (χ2n) is 8.14. The zero-order valence-electron chi connectivity index (χ0n) is 19.4. The molecule has 5 rings (SSSR count). The van der Waals surface area contributed by atoms with E-state index in [9.17, 15) is 9.59 Å². The maximum atomic E-state index is 12.7. The Hall–Kier alpha value is -4.18. The first-order valence-corrected chi connectivity index (χ1v) is 12.5. The van der Waals surface area contributed by atoms with E-state index in [0.29, 0.717) is 29.9 Å². The van der Waals surface area contributed by atoms with E-state index < -0.39 is 0 Å². The van der Waals surface area contributed by atoms with Gasteiger partial charge in [-0.2, -0.15) is 0 Å². The lowest BCUT2D eigenvalue weighted by molar-refractivity contribution is -0.113. The largest absolute Gasteiger partial charge is 0.411 e. The highest BCUT2D eigenvalue weighted by Crippen LogP contribution is 2.24. The topological polar surface area (TPSA) is 104 Å². The predicted molar refractivity (Wildman–Crippen MR) is 138 cm³/mol. The van der Waals surface area contributed by atoms with Gasteiger partial charge in [0, 0.05) is 61.1 Å². The summed E-state index contributed by atoms with van der Waals surface area (Å²) in [6.07, 6.45) is 3.30. The molecule has 0 saturated carbocycles. The van der Waals surface area contributed by atoms with Crippen LogP contribution in [0.15, 0.2) is 88.8 Å². The summed E-state index contributed by atoms with van der Waals surface area (Å²) in [7, 11) is 0. The molecule has 0 spiro atoms. The summed E-state index contributed by atoms with van der Waals surface area (Å²) in [6.45, 7) is 2.85. The predicted octanol–water partition coefficient (Wildman–Crippen LogP) is 3.82. The van der Waals surface area contributed by atoms with Crippen molar-refractivity contribution in [2.45, 2.75) is 5.22 Å². The van der Waals surface area contributed by atoms with Crippen LogP contribution in [0.3, 0.4) is 0 Å². The summed E-state index contributed by atoms with van der Waals surface area (Å²) >= 11 is 1.18. The number of carbonyl (C=O) groups is 2. The van der Waals surface area contributed by atoms with Crippen molar-refractivity contribution in [3.05, 3.63) is 84.7 Å². The van der Waals surface area contributed by atoms with Crippen LogP contribution < -0.4 is 10.2 Å². The lowest BCUT2D eigenvalue weighted by Gasteiger charge is -2.36. The number of pyridine rings is 1. The Balaban J connectivity index is 1.09. The Bertz CT molecular complexity index is 1310. The SMILES string of the molecule is O=C(CSc1nnc(-c2ccncc2)o1)Nc1ccc(N2CCN(C(=O)c3ccccc3)CC2)cc1. The van der Waals surface area contributed by atoms with Crippen LogP contribution in [-0.2, 0) is 4.79 Å². The average molecular weight is 501 g/mol. The second kappa shape index (κ2) is 11.0. The van der Waals surface area contributed by atoms with Crippen LogP contribution in [0.1, 0.15) is 10.4 Å². The molecule has 0 atom stereocenters. The number of hydrogen-bond donors (Lipinski definition) is 1. The number of hydrogen-bond acceptors (Lipinski definition) is 8. The summed E-state index contributed by atoms with van der Waals surface area (Å²) in [5.74, 6) is 0.447. The number of aromatic nitrogens is 3. The molecule has 2 aromatic carbocycles. The van der Waals surface area contributed by atoms with Gasteiger partial charge in [0.2, 0.25) is 11.8 Å². The molecule has 9 nitrogen and oxygen atoms in total. The Morgan fingerprint density at radius 1 is 0.889 bits per heavy atom. The van der Waals surface area contributed by atoms with E-state index >= 15 is 0 Å². The van der Waals surface area contributed by atoms with Crippen LogP contribution in [0.2, 0.25) is 0 Å². The summed E-state index contributed by atoms with van der Waals surface area (Å²) in [6, 6.07) is 20.7. The molecule has 3 heterocycles. The van der Waals surface area contributed by atoms with Gasteiger partial charge >= 0.3 is 0 Å². The molecular weight excluding hydrogens is 476 g/mol. The zero-order valence-corrected chi connectivity index (χ0v) is 20.2. The van der Waals surface area contributed by atoms with Gasteiger partial charge < -0.3 is 19.5 Å². The third-order valence-electron chi connectivity index (χ3n) is 5.76. The molecule has 0 radical (unpaired) electrons. The monoisotopic (exact) mass is 500 g/mol. The highest BCUT2D eigenvalue weighted by atomic mass is 32.2. The van der Waals surface area contributed by atoms with E-state index in [1.807, 2.05) is 59.5 Å². The maximum Gasteiger partial charge on any atom is 0.277 e. The van der Waals surface area contributed by atoms with E-state index in [-0.39, 0.29) is 17.6 Å². The standard InChI is InChI=1S/C26H24N6O3S/c33-23(18-36-26-30-29-24(35-26)19-10-12-27-13-11-19)28-21-6-8-22(9-7-21)31-14-16-32(17-15-31)25(34)20-4-2-1-3-5-20/h1-13H,14-18H2,(H,28,33). The van der Waals surface area contributed by atoms with Gasteiger partial charge in [0.05, 0.1) is 5.75 Å². The molecule has 1 N–H and O–H groups in total. The van der Waals surface area contributed by atoms with E-state index in [1.54, 1.807) is 24.5 Å². The van der Waals surface area contributed by atoms with E-state index in [2.05, 4.69) is 25.4 Å². The number of thioether (sulfide) groups is 1. The van der Waals surface area contributed by atoms with Gasteiger partial charge in [-0.05, 0) is 48.5 Å². The van der Waals surface area contributed by atoms with Gasteiger partial charge in [-0.3, -0.25) is 14.6 Å². The average Bonchev–Trinajstić information content (AvgIpc) is 3.42. The fourth-order valence-electron chi connectivity index (χ4n) is 3.89. The first-order valence-electron chi connectivity index (χ1n) is 11.5. The normalized spacial score (nSPS) is 13.4. The van der Waals surface area contributed by atoms with Crippen molar-refractivity contribution in [1.82, 2.24) is 20.1 Å². The van der Waals surface area contributed by atoms with Crippen molar-refractivity contribution in [1.29, 1.82) is 0 Å². The first kappa shape index (κ1) is 23.6. The number of carbonyl (C=O) groups excluding carboxylic acids is 2. The molecule has 10 heteroatoms. The summed E-state index contributed by atoms with van der Waals surface area (Å²) in [4.78, 5) is 33.1. The lowest BCUT2D eigenvalue weighted by Crippen LogP contribution is -2.48. The smallest absolute Gasteiger partial charge is 0.277 e. The third-order valence-corrected chi connectivity index (χ3v) is 6.58. The van der Waals surface area contributed by atoms with Gasteiger partial charge in [-0.1, -0.05) is 30.0 Å². The van der Waals surface area contributed by atoms with Crippen molar-refractivity contribution < 1.29 is 14.0 Å². The van der Waals surface area contributed by atoms with E-state index in [4.69, 9.17) is 4.42 Å². The number of rotatable bonds is 7. The van der Waals surface area contributed by atoms with Crippen molar-refractivity contribution in [3.8, 4) is 11.5 Å². The highest BCUT2D eigenvalue weighted by Gasteiger charge is 2.22. The van der Waals surface area contributed by atoms with Crippen LogP contribution in [0.5, 0.6) is 0 Å². The van der Waals surface area contributed by atoms with Gasteiger partial charge in [-0.25, -0.2) is 0 Å². The van der Waals surface area contributed by atoms with Gasteiger partial charge in [-0.15, -0.1) is 10.2 Å². The lowest BCUT2D eigenvalue weighted by atomic mass is 10.1. The summed E-state index contributed by atoms with van der Waals surface area (Å²) in [5.41, 5.74) is 3.27. The van der Waals surface area contributed by atoms with Crippen molar-refractivity contribution in [2.75, 3.05) is 42.1 Å². The van der Waals surface area contributed by atoms with Gasteiger partial charge in [0.1, 0.15) is 0 Å². The van der Waals surface area contributed by atoms with Gasteiger partial charge in [0.25, 0.3) is 11.1 Å². The molecule has 1 saturated heterocycles. The van der Waals surface area contributed by atoms with Crippen LogP contribution in [0.4, 0.5) is 11.4 Å². The Morgan fingerprint density at radius 2 is 1.61 bits per heavy atom. The molecule has 0 unspecified atom stereocenters. The minimum absolute atomic E-state index is 0.0697. The summed E-state index contributed by atoms with van der Waals surface area (Å²) < 4.78 is 5.60. The fraction of sp³-hybridized carbons (Fsp3) is 0.192. The molecule has 36 heavy (non-hydrogen) atoms. The van der Waals surface area contributed by atoms with Crippen LogP contribution in [-0.4, -0.2) is 63.8 Å². The minimum Gasteiger partial charge on any atom is -0.411 e. The fourth-order valence-corrected chi connectivity index (χ4v) is 4.45. The minimum atomic E-state index is -0.163. The second-order valence-corrected chi connectivity index (χ2v) is 9.06. The number of benzene rings is 2. The Kier molecular flexibility index (Phi) is 7.23. The number of amides is 2. The van der Waals surface area contributed by atoms with Crippen molar-refractivity contribution >= 4 is 35.0 Å².